The van der Waals surface area contributed by atoms with E-state index in [4.69, 9.17) is 5.11 Å². The van der Waals surface area contributed by atoms with Gasteiger partial charge in [0.05, 0.1) is 5.56 Å². The van der Waals surface area contributed by atoms with Gasteiger partial charge in [-0.3, -0.25) is 9.59 Å². The fourth-order valence-corrected chi connectivity index (χ4v) is 3.80. The van der Waals surface area contributed by atoms with Gasteiger partial charge in [0.15, 0.2) is 0 Å². The lowest BCUT2D eigenvalue weighted by atomic mass is 9.91. The number of carboxylic acid groups (broad SMARTS) is 1. The first-order valence-corrected chi connectivity index (χ1v) is 10.8. The van der Waals surface area contributed by atoms with Gasteiger partial charge in [0, 0.05) is 18.3 Å². The first-order chi connectivity index (χ1) is 15.4. The van der Waals surface area contributed by atoms with Crippen LogP contribution in [-0.2, 0) is 16.0 Å². The number of carbonyl (C=O) groups is 3. The first kappa shape index (κ1) is 23.0. The zero-order valence-electron chi connectivity index (χ0n) is 18.4. The Hall–Kier alpha value is -3.67. The molecular weight excluding hydrogens is 404 g/mol. The molecule has 6 nitrogen and oxygen atoms in total. The minimum absolute atomic E-state index is 0.154. The van der Waals surface area contributed by atoms with Crippen LogP contribution in [0.1, 0.15) is 52.9 Å². The third-order valence-corrected chi connectivity index (χ3v) is 5.49. The van der Waals surface area contributed by atoms with Crippen molar-refractivity contribution in [1.82, 2.24) is 4.90 Å². The molecule has 0 aromatic heterocycles. The molecule has 2 aromatic carbocycles. The van der Waals surface area contributed by atoms with Gasteiger partial charge in [-0.2, -0.15) is 0 Å². The molecule has 3 rings (SSSR count). The number of benzene rings is 2. The fourth-order valence-electron chi connectivity index (χ4n) is 3.80. The molecular formula is C26H28N2O4. The maximum atomic E-state index is 13.4. The van der Waals surface area contributed by atoms with Crippen molar-refractivity contribution in [3.8, 4) is 0 Å². The van der Waals surface area contributed by atoms with E-state index in [1.807, 2.05) is 36.4 Å². The predicted molar refractivity (Wildman–Crippen MR) is 125 cm³/mol. The number of aryl methyl sites for hydroxylation is 1. The van der Waals surface area contributed by atoms with E-state index in [-0.39, 0.29) is 17.4 Å². The van der Waals surface area contributed by atoms with Gasteiger partial charge in [-0.25, -0.2) is 4.79 Å². The van der Waals surface area contributed by atoms with Crippen LogP contribution in [0.25, 0.3) is 0 Å². The highest BCUT2D eigenvalue weighted by atomic mass is 16.4. The maximum absolute atomic E-state index is 13.4. The lowest BCUT2D eigenvalue weighted by Crippen LogP contribution is -2.44. The highest BCUT2D eigenvalue weighted by molar-refractivity contribution is 6.01. The average Bonchev–Trinajstić information content (AvgIpc) is 2.79. The minimum atomic E-state index is -1.02. The van der Waals surface area contributed by atoms with E-state index in [0.29, 0.717) is 24.2 Å². The number of unbranched alkanes of at least 4 members (excludes halogenated alkanes) is 1. The number of anilines is 1. The summed E-state index contributed by atoms with van der Waals surface area (Å²) in [7, 11) is 0. The van der Waals surface area contributed by atoms with Crippen molar-refractivity contribution in [2.24, 2.45) is 0 Å². The number of amides is 2. The Morgan fingerprint density at radius 2 is 1.94 bits per heavy atom. The van der Waals surface area contributed by atoms with Gasteiger partial charge in [0.1, 0.15) is 6.04 Å². The molecule has 6 heteroatoms. The molecule has 2 amide bonds. The third-order valence-electron chi connectivity index (χ3n) is 5.49. The van der Waals surface area contributed by atoms with Crippen LogP contribution in [0.15, 0.2) is 66.8 Å². The quantitative estimate of drug-likeness (QED) is 0.492. The Labute approximate surface area is 188 Å². The molecule has 2 aromatic rings. The summed E-state index contributed by atoms with van der Waals surface area (Å²) in [6.45, 7) is 4.27. The zero-order valence-corrected chi connectivity index (χ0v) is 18.4. The molecule has 0 saturated carbocycles. The van der Waals surface area contributed by atoms with Crippen LogP contribution in [0.2, 0.25) is 0 Å². The largest absolute Gasteiger partial charge is 0.478 e. The lowest BCUT2D eigenvalue weighted by molar-refractivity contribution is -0.135. The van der Waals surface area contributed by atoms with Gasteiger partial charge >= 0.3 is 5.97 Å². The van der Waals surface area contributed by atoms with Crippen LogP contribution < -0.4 is 5.32 Å². The molecule has 0 radical (unpaired) electrons. The van der Waals surface area contributed by atoms with E-state index in [2.05, 4.69) is 12.2 Å². The van der Waals surface area contributed by atoms with Crippen molar-refractivity contribution >= 4 is 23.5 Å². The third kappa shape index (κ3) is 5.32. The van der Waals surface area contributed by atoms with Gasteiger partial charge in [0.2, 0.25) is 5.91 Å². The van der Waals surface area contributed by atoms with Crippen LogP contribution in [0.3, 0.4) is 0 Å². The SMILES string of the molecule is CCC/C=C/C=C/C(=O)N1CCc2ccccc2C1C(=O)Nc1ccc(C(=O)O)cc1C. The van der Waals surface area contributed by atoms with Gasteiger partial charge in [0.25, 0.3) is 5.91 Å². The topological polar surface area (TPSA) is 86.7 Å². The van der Waals surface area contributed by atoms with E-state index in [1.165, 1.54) is 18.2 Å². The second kappa shape index (κ2) is 10.6. The van der Waals surface area contributed by atoms with Crippen molar-refractivity contribution in [2.75, 3.05) is 11.9 Å². The van der Waals surface area contributed by atoms with Crippen LogP contribution in [-0.4, -0.2) is 34.3 Å². The molecule has 0 spiro atoms. The van der Waals surface area contributed by atoms with Gasteiger partial charge < -0.3 is 15.3 Å². The van der Waals surface area contributed by atoms with E-state index in [0.717, 1.165) is 24.0 Å². The summed E-state index contributed by atoms with van der Waals surface area (Å²) in [5, 5.41) is 12.1. The molecule has 1 aliphatic heterocycles. The number of nitrogens with one attached hydrogen (secondary N) is 1. The summed E-state index contributed by atoms with van der Waals surface area (Å²) in [6.07, 6.45) is 9.72. The summed E-state index contributed by atoms with van der Waals surface area (Å²) in [6, 6.07) is 11.4. The van der Waals surface area contributed by atoms with E-state index in [9.17, 15) is 14.4 Å². The number of fused-ring (bicyclic) bond motifs is 1. The van der Waals surface area contributed by atoms with Crippen LogP contribution in [0, 0.1) is 6.92 Å². The Morgan fingerprint density at radius 1 is 1.16 bits per heavy atom. The number of allylic oxidation sites excluding steroid dienone is 3. The molecule has 32 heavy (non-hydrogen) atoms. The summed E-state index contributed by atoms with van der Waals surface area (Å²) in [5.74, 6) is -1.57. The normalized spacial score (nSPS) is 15.7. The predicted octanol–water partition coefficient (Wildman–Crippen LogP) is 4.67. The fraction of sp³-hybridized carbons (Fsp3) is 0.269. The zero-order chi connectivity index (χ0) is 23.1. The lowest BCUT2D eigenvalue weighted by Gasteiger charge is -2.36. The molecule has 2 N–H and O–H groups in total. The second-order valence-electron chi connectivity index (χ2n) is 7.78. The highest BCUT2D eigenvalue weighted by Gasteiger charge is 2.35. The Morgan fingerprint density at radius 3 is 2.66 bits per heavy atom. The number of nitrogens with zero attached hydrogens (tertiary/aromatic N) is 1. The molecule has 1 heterocycles. The van der Waals surface area contributed by atoms with Crippen LogP contribution in [0.5, 0.6) is 0 Å². The van der Waals surface area contributed by atoms with Gasteiger partial charge in [-0.05, 0) is 54.7 Å². The standard InChI is InChI=1S/C26H28N2O4/c1-3-4-5-6-7-12-23(29)28-16-15-19-10-8-9-11-21(19)24(28)25(30)27-22-14-13-20(26(31)32)17-18(22)2/h5-14,17,24H,3-4,15-16H2,1-2H3,(H,27,30)(H,31,32)/b6-5+,12-7+. The summed E-state index contributed by atoms with van der Waals surface area (Å²) < 4.78 is 0. The van der Waals surface area contributed by atoms with Crippen molar-refractivity contribution in [2.45, 2.75) is 39.2 Å². The average molecular weight is 433 g/mol. The molecule has 0 bridgehead atoms. The van der Waals surface area contributed by atoms with Crippen LogP contribution >= 0.6 is 0 Å². The number of aromatic carboxylic acids is 1. The second-order valence-corrected chi connectivity index (χ2v) is 7.78. The summed E-state index contributed by atoms with van der Waals surface area (Å²) in [5.41, 5.74) is 3.16. The number of hydrogen-bond donors (Lipinski definition) is 2. The maximum Gasteiger partial charge on any atom is 0.335 e. The van der Waals surface area contributed by atoms with E-state index < -0.39 is 12.0 Å². The van der Waals surface area contributed by atoms with E-state index >= 15 is 0 Å². The van der Waals surface area contributed by atoms with E-state index in [1.54, 1.807) is 24.0 Å². The Bertz CT molecular complexity index is 1070. The molecule has 1 aliphatic rings. The van der Waals surface area contributed by atoms with Crippen molar-refractivity contribution in [3.63, 3.8) is 0 Å². The number of carbonyl (C=O) groups excluding carboxylic acids is 2. The van der Waals surface area contributed by atoms with Gasteiger partial charge in [-0.1, -0.05) is 55.8 Å². The Balaban J connectivity index is 1.87. The van der Waals surface area contributed by atoms with Crippen molar-refractivity contribution in [3.05, 3.63) is 89.0 Å². The minimum Gasteiger partial charge on any atom is -0.478 e. The molecule has 1 atom stereocenters. The van der Waals surface area contributed by atoms with Gasteiger partial charge in [-0.15, -0.1) is 0 Å². The summed E-state index contributed by atoms with van der Waals surface area (Å²) >= 11 is 0. The first-order valence-electron chi connectivity index (χ1n) is 10.8. The van der Waals surface area contributed by atoms with Crippen molar-refractivity contribution < 1.29 is 19.5 Å². The number of hydrogen-bond acceptors (Lipinski definition) is 3. The van der Waals surface area contributed by atoms with Crippen molar-refractivity contribution in [1.29, 1.82) is 0 Å². The highest BCUT2D eigenvalue weighted by Crippen LogP contribution is 2.31. The molecule has 0 aliphatic carbocycles. The monoisotopic (exact) mass is 432 g/mol. The Kier molecular flexibility index (Phi) is 7.60. The molecule has 166 valence electrons. The molecule has 0 saturated heterocycles. The smallest absolute Gasteiger partial charge is 0.335 e. The summed E-state index contributed by atoms with van der Waals surface area (Å²) in [4.78, 5) is 39.1. The number of rotatable bonds is 7. The van der Waals surface area contributed by atoms with Crippen LogP contribution in [0.4, 0.5) is 5.69 Å². The molecule has 1 unspecified atom stereocenters. The number of carboxylic acids is 1. The molecule has 0 fully saturated rings.